The van der Waals surface area contributed by atoms with Crippen molar-refractivity contribution in [3.63, 3.8) is 0 Å². The molecule has 17 heavy (non-hydrogen) atoms. The van der Waals surface area contributed by atoms with Crippen LogP contribution in [0.1, 0.15) is 32.8 Å². The largest absolute Gasteiger partial charge is 0.494 e. The van der Waals surface area contributed by atoms with Crippen molar-refractivity contribution >= 4 is 0 Å². The van der Waals surface area contributed by atoms with Gasteiger partial charge in [0.05, 0.1) is 6.61 Å². The number of nitrogens with zero attached hydrogens (tertiary/aromatic N) is 1. The Bertz CT molecular complexity index is 322. The fraction of sp³-hybridized carbons (Fsp3) is 0.600. The Hall–Kier alpha value is -1.02. The maximum absolute atomic E-state index is 5.64. The molecule has 2 heteroatoms. The Morgan fingerprint density at radius 3 is 2.71 bits per heavy atom. The highest BCUT2D eigenvalue weighted by Crippen LogP contribution is 2.14. The third-order valence-corrected chi connectivity index (χ3v) is 3.01. The van der Waals surface area contributed by atoms with Crippen molar-refractivity contribution in [2.75, 3.05) is 20.2 Å². The zero-order chi connectivity index (χ0) is 12.7. The molecule has 1 aromatic rings. The van der Waals surface area contributed by atoms with Gasteiger partial charge in [0, 0.05) is 12.6 Å². The smallest absolute Gasteiger partial charge is 0.119 e. The van der Waals surface area contributed by atoms with Gasteiger partial charge in [0.2, 0.25) is 0 Å². The third-order valence-electron chi connectivity index (χ3n) is 3.01. The number of ether oxygens (including phenoxy) is 1. The lowest BCUT2D eigenvalue weighted by Crippen LogP contribution is -2.28. The highest BCUT2D eigenvalue weighted by Gasteiger charge is 2.03. The highest BCUT2D eigenvalue weighted by molar-refractivity contribution is 5.28. The fourth-order valence-electron chi connectivity index (χ4n) is 1.57. The van der Waals surface area contributed by atoms with E-state index in [0.29, 0.717) is 6.04 Å². The van der Waals surface area contributed by atoms with Gasteiger partial charge in [0.15, 0.2) is 0 Å². The summed E-state index contributed by atoms with van der Waals surface area (Å²) >= 11 is 0. The molecule has 0 fully saturated rings. The molecule has 0 bridgehead atoms. The summed E-state index contributed by atoms with van der Waals surface area (Å²) in [7, 11) is 2.17. The summed E-state index contributed by atoms with van der Waals surface area (Å²) in [5.74, 6) is 0.997. The first-order valence-corrected chi connectivity index (χ1v) is 6.55. The number of likely N-dealkylation sites (N-methyl/N-ethyl adjacent to an activating group) is 1. The van der Waals surface area contributed by atoms with Crippen LogP contribution in [-0.4, -0.2) is 31.1 Å². The second-order valence-corrected chi connectivity index (χ2v) is 4.82. The lowest BCUT2D eigenvalue weighted by atomic mass is 10.1. The van der Waals surface area contributed by atoms with E-state index in [2.05, 4.69) is 50.9 Å². The molecule has 0 aromatic heterocycles. The molecule has 0 atom stereocenters. The standard InChI is InChI=1S/C15H25NO/c1-5-11-17-15-8-6-7-14(12-15)9-10-16(4)13(2)3/h6-8,12-13H,5,9-11H2,1-4H3. The summed E-state index contributed by atoms with van der Waals surface area (Å²) in [6.45, 7) is 8.47. The van der Waals surface area contributed by atoms with Gasteiger partial charge in [0.1, 0.15) is 5.75 Å². The topological polar surface area (TPSA) is 12.5 Å². The monoisotopic (exact) mass is 235 g/mol. The molecule has 1 aromatic carbocycles. The quantitative estimate of drug-likeness (QED) is 0.718. The Labute approximate surface area is 106 Å². The second-order valence-electron chi connectivity index (χ2n) is 4.82. The minimum atomic E-state index is 0.606. The van der Waals surface area contributed by atoms with Crippen LogP contribution in [0.15, 0.2) is 24.3 Å². The number of rotatable bonds is 7. The second kappa shape index (κ2) is 7.33. The fourth-order valence-corrected chi connectivity index (χ4v) is 1.57. The first-order chi connectivity index (χ1) is 8.13. The van der Waals surface area contributed by atoms with Crippen molar-refractivity contribution in [3.05, 3.63) is 29.8 Å². The van der Waals surface area contributed by atoms with Crippen molar-refractivity contribution in [3.8, 4) is 5.75 Å². The van der Waals surface area contributed by atoms with E-state index >= 15 is 0 Å². The first kappa shape index (κ1) is 14.0. The molecule has 0 heterocycles. The minimum Gasteiger partial charge on any atom is -0.494 e. The molecule has 2 nitrogen and oxygen atoms in total. The van der Waals surface area contributed by atoms with Gasteiger partial charge in [0.25, 0.3) is 0 Å². The van der Waals surface area contributed by atoms with Gasteiger partial charge in [-0.1, -0.05) is 19.1 Å². The highest BCUT2D eigenvalue weighted by atomic mass is 16.5. The summed E-state index contributed by atoms with van der Waals surface area (Å²) in [6.07, 6.45) is 2.14. The van der Waals surface area contributed by atoms with Crippen LogP contribution in [0.2, 0.25) is 0 Å². The predicted octanol–water partition coefficient (Wildman–Crippen LogP) is 3.36. The van der Waals surface area contributed by atoms with E-state index in [9.17, 15) is 0 Å². The molecule has 0 aliphatic carbocycles. The first-order valence-electron chi connectivity index (χ1n) is 6.55. The summed E-state index contributed by atoms with van der Waals surface area (Å²) in [6, 6.07) is 9.05. The lowest BCUT2D eigenvalue weighted by Gasteiger charge is -2.20. The van der Waals surface area contributed by atoms with Crippen molar-refractivity contribution in [1.29, 1.82) is 0 Å². The SMILES string of the molecule is CCCOc1cccc(CCN(C)C(C)C)c1. The minimum absolute atomic E-state index is 0.606. The summed E-state index contributed by atoms with van der Waals surface area (Å²) < 4.78 is 5.64. The van der Waals surface area contributed by atoms with E-state index in [-0.39, 0.29) is 0 Å². The van der Waals surface area contributed by atoms with Crippen LogP contribution in [0.3, 0.4) is 0 Å². The molecule has 0 radical (unpaired) electrons. The van der Waals surface area contributed by atoms with Crippen LogP contribution in [0.5, 0.6) is 5.75 Å². The molecule has 1 rings (SSSR count). The summed E-state index contributed by atoms with van der Waals surface area (Å²) in [4.78, 5) is 2.36. The molecular formula is C15H25NO. The van der Waals surface area contributed by atoms with Crippen LogP contribution in [0, 0.1) is 0 Å². The van der Waals surface area contributed by atoms with Gasteiger partial charge in [-0.05, 0) is 51.4 Å². The lowest BCUT2D eigenvalue weighted by molar-refractivity contribution is 0.277. The Balaban J connectivity index is 2.48. The molecule has 0 saturated carbocycles. The number of benzene rings is 1. The van der Waals surface area contributed by atoms with E-state index in [1.807, 2.05) is 6.07 Å². The van der Waals surface area contributed by atoms with E-state index in [1.54, 1.807) is 0 Å². The van der Waals surface area contributed by atoms with Crippen molar-refractivity contribution in [2.24, 2.45) is 0 Å². The van der Waals surface area contributed by atoms with Crippen molar-refractivity contribution in [1.82, 2.24) is 4.90 Å². The van der Waals surface area contributed by atoms with Crippen LogP contribution < -0.4 is 4.74 Å². The molecule has 0 aliphatic heterocycles. The van der Waals surface area contributed by atoms with Crippen LogP contribution in [0.25, 0.3) is 0 Å². The Kier molecular flexibility index (Phi) is 6.06. The molecule has 0 unspecified atom stereocenters. The zero-order valence-electron chi connectivity index (χ0n) is 11.6. The molecule has 0 amide bonds. The van der Waals surface area contributed by atoms with E-state index in [0.717, 1.165) is 31.7 Å². The average molecular weight is 235 g/mol. The number of hydrogen-bond acceptors (Lipinski definition) is 2. The van der Waals surface area contributed by atoms with E-state index < -0.39 is 0 Å². The maximum atomic E-state index is 5.64. The summed E-state index contributed by atoms with van der Waals surface area (Å²) in [5.41, 5.74) is 1.35. The van der Waals surface area contributed by atoms with Gasteiger partial charge >= 0.3 is 0 Å². The molecular weight excluding hydrogens is 210 g/mol. The van der Waals surface area contributed by atoms with Crippen molar-refractivity contribution < 1.29 is 4.74 Å². The van der Waals surface area contributed by atoms with Gasteiger partial charge < -0.3 is 9.64 Å². The van der Waals surface area contributed by atoms with E-state index in [1.165, 1.54) is 5.56 Å². The van der Waals surface area contributed by atoms with E-state index in [4.69, 9.17) is 4.74 Å². The third kappa shape index (κ3) is 5.22. The van der Waals surface area contributed by atoms with Gasteiger partial charge in [-0.3, -0.25) is 0 Å². The zero-order valence-corrected chi connectivity index (χ0v) is 11.6. The molecule has 0 spiro atoms. The Morgan fingerprint density at radius 2 is 2.06 bits per heavy atom. The van der Waals surface area contributed by atoms with Crippen LogP contribution in [-0.2, 0) is 6.42 Å². The molecule has 0 aliphatic rings. The van der Waals surface area contributed by atoms with Crippen LogP contribution >= 0.6 is 0 Å². The van der Waals surface area contributed by atoms with Crippen LogP contribution in [0.4, 0.5) is 0 Å². The van der Waals surface area contributed by atoms with Gasteiger partial charge in [-0.15, -0.1) is 0 Å². The number of hydrogen-bond donors (Lipinski definition) is 0. The molecule has 0 N–H and O–H groups in total. The van der Waals surface area contributed by atoms with Crippen molar-refractivity contribution in [2.45, 2.75) is 39.7 Å². The Morgan fingerprint density at radius 1 is 1.29 bits per heavy atom. The molecule has 96 valence electrons. The normalized spacial score (nSPS) is 11.2. The summed E-state index contributed by atoms with van der Waals surface area (Å²) in [5, 5.41) is 0. The predicted molar refractivity (Wildman–Crippen MR) is 73.7 cm³/mol. The van der Waals surface area contributed by atoms with Gasteiger partial charge in [-0.2, -0.15) is 0 Å². The maximum Gasteiger partial charge on any atom is 0.119 e. The van der Waals surface area contributed by atoms with Gasteiger partial charge in [-0.25, -0.2) is 0 Å². The molecule has 0 saturated heterocycles. The average Bonchev–Trinajstić information content (AvgIpc) is 2.33.